The number of benzene rings is 2. The van der Waals surface area contributed by atoms with Crippen molar-refractivity contribution < 1.29 is 22.5 Å². The van der Waals surface area contributed by atoms with Crippen LogP contribution < -0.4 is 4.31 Å². The van der Waals surface area contributed by atoms with Gasteiger partial charge in [-0.3, -0.25) is 4.31 Å². The van der Waals surface area contributed by atoms with E-state index in [1.807, 2.05) is 6.07 Å². The summed E-state index contributed by atoms with van der Waals surface area (Å²) in [5, 5.41) is 3.74. The van der Waals surface area contributed by atoms with Crippen LogP contribution in [0.15, 0.2) is 70.1 Å². The Morgan fingerprint density at radius 2 is 1.78 bits per heavy atom. The topological polar surface area (TPSA) is 89.7 Å². The number of nitrogens with zero attached hydrogens (tertiary/aromatic N) is 2. The molecule has 0 saturated heterocycles. The number of hydrogen-bond acceptors (Lipinski definition) is 6. The summed E-state index contributed by atoms with van der Waals surface area (Å²) >= 11 is 0. The maximum absolute atomic E-state index is 12.7. The van der Waals surface area contributed by atoms with Gasteiger partial charge in [-0.2, -0.15) is 0 Å². The number of carbonyl (C=O) groups excluding carboxylic acids is 1. The lowest BCUT2D eigenvalue weighted by Gasteiger charge is -2.19. The second kappa shape index (κ2) is 7.63. The van der Waals surface area contributed by atoms with Gasteiger partial charge in [0.2, 0.25) is 0 Å². The van der Waals surface area contributed by atoms with Crippen molar-refractivity contribution in [1.29, 1.82) is 0 Å². The molecule has 27 heavy (non-hydrogen) atoms. The lowest BCUT2D eigenvalue weighted by molar-refractivity contribution is 0.0464. The fraction of sp³-hybridized carbons (Fsp3) is 0.158. The number of carbonyl (C=O) groups is 1. The quantitative estimate of drug-likeness (QED) is 0.605. The van der Waals surface area contributed by atoms with Crippen molar-refractivity contribution in [3.05, 3.63) is 77.7 Å². The second-order valence-corrected chi connectivity index (χ2v) is 7.81. The number of hydrogen-bond donors (Lipinski definition) is 0. The molecule has 0 unspecified atom stereocenters. The zero-order valence-corrected chi connectivity index (χ0v) is 15.6. The number of aromatic nitrogens is 1. The molecule has 0 radical (unpaired) electrons. The first kappa shape index (κ1) is 18.7. The summed E-state index contributed by atoms with van der Waals surface area (Å²) in [7, 11) is -2.25. The van der Waals surface area contributed by atoms with Crippen LogP contribution in [0, 0.1) is 6.92 Å². The van der Waals surface area contributed by atoms with Crippen LogP contribution in [-0.2, 0) is 21.4 Å². The van der Waals surface area contributed by atoms with Gasteiger partial charge in [0.1, 0.15) is 18.1 Å². The average Bonchev–Trinajstić information content (AvgIpc) is 3.11. The Kier molecular flexibility index (Phi) is 5.27. The molecule has 0 amide bonds. The summed E-state index contributed by atoms with van der Waals surface area (Å²) in [6, 6.07) is 16.0. The van der Waals surface area contributed by atoms with Crippen LogP contribution in [0.5, 0.6) is 0 Å². The van der Waals surface area contributed by atoms with Crippen LogP contribution in [-0.4, -0.2) is 26.6 Å². The van der Waals surface area contributed by atoms with E-state index < -0.39 is 16.0 Å². The third-order valence-electron chi connectivity index (χ3n) is 3.90. The molecule has 1 heterocycles. The molecule has 3 aromatic rings. The highest BCUT2D eigenvalue weighted by Gasteiger charge is 2.21. The van der Waals surface area contributed by atoms with E-state index in [0.717, 1.165) is 0 Å². The fourth-order valence-electron chi connectivity index (χ4n) is 2.41. The molecule has 0 atom stereocenters. The van der Waals surface area contributed by atoms with Crippen molar-refractivity contribution >= 4 is 21.7 Å². The Hall–Kier alpha value is -3.13. The van der Waals surface area contributed by atoms with Crippen molar-refractivity contribution in [2.45, 2.75) is 18.4 Å². The van der Waals surface area contributed by atoms with E-state index in [2.05, 4.69) is 5.16 Å². The monoisotopic (exact) mass is 386 g/mol. The number of para-hydroxylation sites is 1. The minimum absolute atomic E-state index is 0.0209. The molecular formula is C19H18N2O5S. The lowest BCUT2D eigenvalue weighted by Crippen LogP contribution is -2.26. The Morgan fingerprint density at radius 1 is 1.11 bits per heavy atom. The van der Waals surface area contributed by atoms with Crippen LogP contribution in [0.1, 0.15) is 21.8 Å². The summed E-state index contributed by atoms with van der Waals surface area (Å²) in [6.45, 7) is 1.72. The molecule has 0 aliphatic heterocycles. The highest BCUT2D eigenvalue weighted by molar-refractivity contribution is 7.92. The van der Waals surface area contributed by atoms with E-state index in [1.54, 1.807) is 37.3 Å². The first-order valence-corrected chi connectivity index (χ1v) is 9.55. The smallest absolute Gasteiger partial charge is 0.338 e. The van der Waals surface area contributed by atoms with Crippen molar-refractivity contribution in [1.82, 2.24) is 5.16 Å². The van der Waals surface area contributed by atoms with E-state index >= 15 is 0 Å². The van der Waals surface area contributed by atoms with Gasteiger partial charge in [0.25, 0.3) is 10.0 Å². The highest BCUT2D eigenvalue weighted by atomic mass is 32.2. The van der Waals surface area contributed by atoms with Gasteiger partial charge in [-0.15, -0.1) is 0 Å². The first-order chi connectivity index (χ1) is 12.9. The number of rotatable bonds is 6. The van der Waals surface area contributed by atoms with Crippen LogP contribution in [0.3, 0.4) is 0 Å². The average molecular weight is 386 g/mol. The van der Waals surface area contributed by atoms with E-state index in [0.29, 0.717) is 17.1 Å². The van der Waals surface area contributed by atoms with Crippen LogP contribution in [0.25, 0.3) is 0 Å². The standard InChI is InChI=1S/C19H18N2O5S/c1-14-12-16(20-26-14)13-25-19(22)15-8-10-18(11-9-15)27(23,24)21(2)17-6-4-3-5-7-17/h3-12H,13H2,1-2H3. The zero-order valence-electron chi connectivity index (χ0n) is 14.8. The molecule has 0 fully saturated rings. The molecule has 0 bridgehead atoms. The number of ether oxygens (including phenoxy) is 1. The third-order valence-corrected chi connectivity index (χ3v) is 5.70. The third kappa shape index (κ3) is 4.17. The largest absolute Gasteiger partial charge is 0.455 e. The van der Waals surface area contributed by atoms with Crippen LogP contribution in [0.4, 0.5) is 5.69 Å². The molecule has 0 saturated carbocycles. The van der Waals surface area contributed by atoms with Crippen molar-refractivity contribution in [2.75, 3.05) is 11.4 Å². The lowest BCUT2D eigenvalue weighted by atomic mass is 10.2. The summed E-state index contributed by atoms with van der Waals surface area (Å²) in [5.74, 6) is 0.0501. The molecule has 0 aliphatic rings. The van der Waals surface area contributed by atoms with Gasteiger partial charge in [-0.05, 0) is 43.3 Å². The van der Waals surface area contributed by atoms with E-state index in [-0.39, 0.29) is 17.1 Å². The molecule has 0 spiro atoms. The highest BCUT2D eigenvalue weighted by Crippen LogP contribution is 2.22. The predicted molar refractivity (Wildman–Crippen MR) is 98.8 cm³/mol. The number of anilines is 1. The Morgan fingerprint density at radius 3 is 2.37 bits per heavy atom. The molecule has 7 nitrogen and oxygen atoms in total. The summed E-state index contributed by atoms with van der Waals surface area (Å²) in [4.78, 5) is 12.2. The molecule has 3 rings (SSSR count). The normalized spacial score (nSPS) is 11.2. The maximum atomic E-state index is 12.7. The molecule has 0 aliphatic carbocycles. The van der Waals surface area contributed by atoms with Crippen LogP contribution >= 0.6 is 0 Å². The maximum Gasteiger partial charge on any atom is 0.338 e. The predicted octanol–water partition coefficient (Wildman–Crippen LogP) is 3.17. The van der Waals surface area contributed by atoms with Gasteiger partial charge < -0.3 is 9.26 Å². The van der Waals surface area contributed by atoms with Crippen molar-refractivity contribution in [3.63, 3.8) is 0 Å². The Bertz CT molecular complexity index is 1030. The number of esters is 1. The number of sulfonamides is 1. The Balaban J connectivity index is 1.71. The zero-order chi connectivity index (χ0) is 19.4. The molecule has 140 valence electrons. The molecule has 1 aromatic heterocycles. The van der Waals surface area contributed by atoms with Gasteiger partial charge in [0.15, 0.2) is 0 Å². The van der Waals surface area contributed by atoms with Crippen molar-refractivity contribution in [2.24, 2.45) is 0 Å². The minimum Gasteiger partial charge on any atom is -0.455 e. The second-order valence-electron chi connectivity index (χ2n) is 5.84. The van der Waals surface area contributed by atoms with Crippen molar-refractivity contribution in [3.8, 4) is 0 Å². The molecule has 8 heteroatoms. The van der Waals surface area contributed by atoms with Gasteiger partial charge in [0.05, 0.1) is 16.1 Å². The van der Waals surface area contributed by atoms with E-state index in [9.17, 15) is 13.2 Å². The SMILES string of the molecule is Cc1cc(COC(=O)c2ccc(S(=O)(=O)N(C)c3ccccc3)cc2)no1. The molecule has 0 N–H and O–H groups in total. The number of aryl methyl sites for hydroxylation is 1. The van der Waals surface area contributed by atoms with Crippen LogP contribution in [0.2, 0.25) is 0 Å². The van der Waals surface area contributed by atoms with E-state index in [1.165, 1.54) is 35.6 Å². The van der Waals surface area contributed by atoms with Gasteiger partial charge in [-0.1, -0.05) is 23.4 Å². The summed E-state index contributed by atoms with van der Waals surface area (Å²) in [6.07, 6.45) is 0. The summed E-state index contributed by atoms with van der Waals surface area (Å²) in [5.41, 5.74) is 1.30. The first-order valence-electron chi connectivity index (χ1n) is 8.11. The molecular weight excluding hydrogens is 368 g/mol. The van der Waals surface area contributed by atoms with Gasteiger partial charge >= 0.3 is 5.97 Å². The van der Waals surface area contributed by atoms with E-state index in [4.69, 9.17) is 9.26 Å². The molecule has 2 aromatic carbocycles. The minimum atomic E-state index is -3.73. The van der Waals surface area contributed by atoms with Gasteiger partial charge in [0, 0.05) is 13.1 Å². The Labute approximate surface area is 157 Å². The summed E-state index contributed by atoms with van der Waals surface area (Å²) < 4.78 is 36.7. The van der Waals surface area contributed by atoms with Gasteiger partial charge in [-0.25, -0.2) is 13.2 Å². The fourth-order valence-corrected chi connectivity index (χ4v) is 3.60.